The van der Waals surface area contributed by atoms with E-state index in [2.05, 4.69) is 74.5 Å². The number of hydrogen-bond donors (Lipinski definition) is 1. The molecule has 1 N–H and O–H groups in total. The van der Waals surface area contributed by atoms with Crippen LogP contribution in [-0.4, -0.2) is 5.11 Å². The van der Waals surface area contributed by atoms with E-state index in [1.54, 1.807) is 12.1 Å². The molecule has 0 fully saturated rings. The average molecular weight is 423 g/mol. The Bertz CT molecular complexity index is 1120. The monoisotopic (exact) mass is 422 g/mol. The summed E-state index contributed by atoms with van der Waals surface area (Å²) in [6.45, 7) is 4.41. The molecule has 0 aromatic heterocycles. The number of benzene rings is 4. The molecule has 2 heteroatoms. The lowest BCUT2D eigenvalue weighted by molar-refractivity contribution is 0.475. The Morgan fingerprint density at radius 1 is 0.562 bits per heavy atom. The molecule has 0 saturated carbocycles. The van der Waals surface area contributed by atoms with E-state index in [1.165, 1.54) is 22.3 Å². The zero-order valence-corrected chi connectivity index (χ0v) is 18.7. The molecule has 0 bridgehead atoms. The van der Waals surface area contributed by atoms with Crippen molar-refractivity contribution >= 4 is 0 Å². The third kappa shape index (κ3) is 5.03. The van der Waals surface area contributed by atoms with Gasteiger partial charge in [0.1, 0.15) is 17.2 Å². The standard InChI is InChI=1S/C30H30O2/c1-3-29(23-13-17-26(31)18-14-23)24-15-19-27(20-16-24)32-28-12-8-11-25(21-28)30(4-2)22-9-6-5-7-10-22/h5-21,29-31H,3-4H2,1-2H3. The van der Waals surface area contributed by atoms with Crippen LogP contribution in [0.4, 0.5) is 0 Å². The van der Waals surface area contributed by atoms with Gasteiger partial charge in [0.15, 0.2) is 0 Å². The van der Waals surface area contributed by atoms with Crippen LogP contribution in [0.15, 0.2) is 103 Å². The fraction of sp³-hybridized carbons (Fsp3) is 0.200. The summed E-state index contributed by atoms with van der Waals surface area (Å²) < 4.78 is 6.21. The van der Waals surface area contributed by atoms with E-state index in [1.807, 2.05) is 30.3 Å². The highest BCUT2D eigenvalue weighted by Crippen LogP contribution is 2.33. The van der Waals surface area contributed by atoms with Gasteiger partial charge in [0.05, 0.1) is 0 Å². The highest BCUT2D eigenvalue weighted by molar-refractivity contribution is 5.41. The molecule has 0 saturated heterocycles. The van der Waals surface area contributed by atoms with Gasteiger partial charge in [-0.15, -0.1) is 0 Å². The predicted molar refractivity (Wildman–Crippen MR) is 132 cm³/mol. The minimum Gasteiger partial charge on any atom is -0.508 e. The van der Waals surface area contributed by atoms with E-state index in [0.29, 0.717) is 17.6 Å². The second kappa shape index (κ2) is 10.2. The molecular weight excluding hydrogens is 392 g/mol. The summed E-state index contributed by atoms with van der Waals surface area (Å²) in [4.78, 5) is 0. The molecule has 2 atom stereocenters. The number of hydrogen-bond acceptors (Lipinski definition) is 2. The normalized spacial score (nSPS) is 12.8. The molecule has 4 rings (SSSR count). The van der Waals surface area contributed by atoms with Crippen LogP contribution >= 0.6 is 0 Å². The largest absolute Gasteiger partial charge is 0.508 e. The van der Waals surface area contributed by atoms with E-state index >= 15 is 0 Å². The van der Waals surface area contributed by atoms with E-state index in [0.717, 1.165) is 24.3 Å². The number of phenols is 1. The lowest BCUT2D eigenvalue weighted by Gasteiger charge is -2.18. The second-order valence-corrected chi connectivity index (χ2v) is 8.17. The maximum atomic E-state index is 9.58. The van der Waals surface area contributed by atoms with Crippen LogP contribution in [0.25, 0.3) is 0 Å². The topological polar surface area (TPSA) is 29.5 Å². The van der Waals surface area contributed by atoms with Gasteiger partial charge < -0.3 is 9.84 Å². The maximum Gasteiger partial charge on any atom is 0.127 e. The lowest BCUT2D eigenvalue weighted by atomic mass is 9.89. The minimum absolute atomic E-state index is 0.296. The average Bonchev–Trinajstić information content (AvgIpc) is 2.83. The van der Waals surface area contributed by atoms with Crippen molar-refractivity contribution < 1.29 is 9.84 Å². The Morgan fingerprint density at radius 3 is 1.72 bits per heavy atom. The van der Waals surface area contributed by atoms with Gasteiger partial charge >= 0.3 is 0 Å². The Balaban J connectivity index is 1.51. The van der Waals surface area contributed by atoms with Crippen LogP contribution in [0.2, 0.25) is 0 Å². The van der Waals surface area contributed by atoms with Gasteiger partial charge in [-0.25, -0.2) is 0 Å². The quantitative estimate of drug-likeness (QED) is 0.310. The van der Waals surface area contributed by atoms with E-state index < -0.39 is 0 Å². The van der Waals surface area contributed by atoms with Crippen molar-refractivity contribution in [1.82, 2.24) is 0 Å². The first-order valence-corrected chi connectivity index (χ1v) is 11.4. The fourth-order valence-corrected chi connectivity index (χ4v) is 4.42. The lowest BCUT2D eigenvalue weighted by Crippen LogP contribution is -2.00. The fourth-order valence-electron chi connectivity index (χ4n) is 4.42. The van der Waals surface area contributed by atoms with Crippen molar-refractivity contribution in [2.45, 2.75) is 38.5 Å². The van der Waals surface area contributed by atoms with Crippen LogP contribution in [0, 0.1) is 0 Å². The highest BCUT2D eigenvalue weighted by atomic mass is 16.5. The summed E-state index contributed by atoms with van der Waals surface area (Å²) in [5.41, 5.74) is 5.05. The molecule has 162 valence electrons. The van der Waals surface area contributed by atoms with Crippen molar-refractivity contribution in [3.05, 3.63) is 125 Å². The number of rotatable bonds is 8. The van der Waals surface area contributed by atoms with Crippen LogP contribution < -0.4 is 4.74 Å². The number of aromatic hydroxyl groups is 1. The van der Waals surface area contributed by atoms with Crippen molar-refractivity contribution in [3.8, 4) is 17.2 Å². The van der Waals surface area contributed by atoms with Crippen LogP contribution in [0.5, 0.6) is 17.2 Å². The first-order chi connectivity index (χ1) is 15.7. The minimum atomic E-state index is 0.296. The SMILES string of the molecule is CCC(c1ccc(O)cc1)c1ccc(Oc2cccc(C(CC)c3ccccc3)c2)cc1. The molecule has 4 aromatic carbocycles. The first kappa shape index (κ1) is 21.7. The zero-order valence-electron chi connectivity index (χ0n) is 18.7. The first-order valence-electron chi connectivity index (χ1n) is 11.4. The molecule has 0 aliphatic carbocycles. The van der Waals surface area contributed by atoms with Crippen molar-refractivity contribution in [1.29, 1.82) is 0 Å². The molecule has 0 aliphatic heterocycles. The van der Waals surface area contributed by atoms with Crippen molar-refractivity contribution in [2.75, 3.05) is 0 Å². The van der Waals surface area contributed by atoms with Gasteiger partial charge in [-0.05, 0) is 71.5 Å². The van der Waals surface area contributed by atoms with Crippen LogP contribution in [0.3, 0.4) is 0 Å². The number of phenolic OH excluding ortho intramolecular Hbond substituents is 1. The van der Waals surface area contributed by atoms with Gasteiger partial charge in [-0.2, -0.15) is 0 Å². The summed E-state index contributed by atoms with van der Waals surface area (Å²) >= 11 is 0. The highest BCUT2D eigenvalue weighted by Gasteiger charge is 2.14. The van der Waals surface area contributed by atoms with Gasteiger partial charge in [0.2, 0.25) is 0 Å². The van der Waals surface area contributed by atoms with E-state index in [4.69, 9.17) is 4.74 Å². The molecule has 2 nitrogen and oxygen atoms in total. The summed E-state index contributed by atoms with van der Waals surface area (Å²) in [6.07, 6.45) is 2.03. The van der Waals surface area contributed by atoms with Crippen LogP contribution in [-0.2, 0) is 0 Å². The molecule has 0 heterocycles. The molecule has 32 heavy (non-hydrogen) atoms. The Labute approximate surface area is 191 Å². The zero-order chi connectivity index (χ0) is 22.3. The smallest absolute Gasteiger partial charge is 0.127 e. The van der Waals surface area contributed by atoms with E-state index in [9.17, 15) is 5.11 Å². The van der Waals surface area contributed by atoms with Crippen molar-refractivity contribution in [3.63, 3.8) is 0 Å². The van der Waals surface area contributed by atoms with Gasteiger partial charge in [-0.3, -0.25) is 0 Å². The Kier molecular flexibility index (Phi) is 6.91. The van der Waals surface area contributed by atoms with Gasteiger partial charge in [-0.1, -0.05) is 80.6 Å². The maximum absolute atomic E-state index is 9.58. The third-order valence-corrected chi connectivity index (χ3v) is 6.09. The van der Waals surface area contributed by atoms with E-state index in [-0.39, 0.29) is 0 Å². The molecular formula is C30H30O2. The molecule has 0 radical (unpaired) electrons. The summed E-state index contributed by atoms with van der Waals surface area (Å²) in [7, 11) is 0. The Hall–Kier alpha value is -3.52. The summed E-state index contributed by atoms with van der Waals surface area (Å²) in [6, 6.07) is 34.9. The number of ether oxygens (including phenoxy) is 1. The summed E-state index contributed by atoms with van der Waals surface area (Å²) in [5, 5.41) is 9.58. The van der Waals surface area contributed by atoms with Gasteiger partial charge in [0.25, 0.3) is 0 Å². The Morgan fingerprint density at radius 2 is 1.09 bits per heavy atom. The van der Waals surface area contributed by atoms with Gasteiger partial charge in [0, 0.05) is 11.8 Å². The molecule has 0 spiro atoms. The van der Waals surface area contributed by atoms with Crippen molar-refractivity contribution in [2.24, 2.45) is 0 Å². The molecule has 0 amide bonds. The molecule has 4 aromatic rings. The van der Waals surface area contributed by atoms with Crippen LogP contribution in [0.1, 0.15) is 60.8 Å². The molecule has 0 aliphatic rings. The predicted octanol–water partition coefficient (Wildman–Crippen LogP) is 8.27. The molecule has 2 unspecified atom stereocenters. The second-order valence-electron chi connectivity index (χ2n) is 8.17. The summed E-state index contributed by atoms with van der Waals surface area (Å²) in [5.74, 6) is 2.64. The third-order valence-electron chi connectivity index (χ3n) is 6.09.